The topological polar surface area (TPSA) is 113 Å². The number of nitrogens with two attached hydrogens (primary N) is 1. The Morgan fingerprint density at radius 3 is 2.40 bits per heavy atom. The van der Waals surface area contributed by atoms with Crippen LogP contribution in [0.2, 0.25) is 0 Å². The number of piperazine rings is 1. The molecule has 1 aliphatic carbocycles. The van der Waals surface area contributed by atoms with Gasteiger partial charge in [0.15, 0.2) is 5.65 Å². The van der Waals surface area contributed by atoms with E-state index in [1.54, 1.807) is 6.33 Å². The minimum atomic E-state index is -0.811. The number of carbonyl (C=O) groups is 1. The highest BCUT2D eigenvalue weighted by atomic mass is 79.9. The standard InChI is InChI=1S/C20H30BrN7O2/c1-20(2,11-22)16-15-17(21)25-28(18(15)24-12-23-16)14-5-3-13(4-6-14)26-7-9-27(10-8-26)19(29)30/h12-14H,3-11,22H2,1-2H3,(H,29,30). The molecular weight excluding hydrogens is 450 g/mol. The summed E-state index contributed by atoms with van der Waals surface area (Å²) in [6.07, 6.45) is 5.05. The summed E-state index contributed by atoms with van der Waals surface area (Å²) in [5.74, 6) is 0. The van der Waals surface area contributed by atoms with Crippen molar-refractivity contribution < 1.29 is 9.90 Å². The molecule has 2 aromatic rings. The van der Waals surface area contributed by atoms with Gasteiger partial charge in [-0.1, -0.05) is 13.8 Å². The lowest BCUT2D eigenvalue weighted by atomic mass is 9.87. The largest absolute Gasteiger partial charge is 0.465 e. The van der Waals surface area contributed by atoms with Crippen LogP contribution >= 0.6 is 15.9 Å². The zero-order valence-corrected chi connectivity index (χ0v) is 19.2. The van der Waals surface area contributed by atoms with Crippen molar-refractivity contribution in [2.75, 3.05) is 32.7 Å². The molecule has 30 heavy (non-hydrogen) atoms. The first-order valence-corrected chi connectivity index (χ1v) is 11.4. The predicted octanol–water partition coefficient (Wildman–Crippen LogP) is 2.60. The quantitative estimate of drug-likeness (QED) is 0.692. The zero-order valence-electron chi connectivity index (χ0n) is 17.6. The molecule has 1 amide bonds. The van der Waals surface area contributed by atoms with Crippen LogP contribution in [-0.4, -0.2) is 79.5 Å². The van der Waals surface area contributed by atoms with E-state index in [0.717, 1.165) is 60.1 Å². The minimum Gasteiger partial charge on any atom is -0.465 e. The van der Waals surface area contributed by atoms with Crippen molar-refractivity contribution in [3.63, 3.8) is 0 Å². The first kappa shape index (κ1) is 21.5. The number of halogens is 1. The molecule has 0 spiro atoms. The summed E-state index contributed by atoms with van der Waals surface area (Å²) in [7, 11) is 0. The van der Waals surface area contributed by atoms with Gasteiger partial charge in [0.1, 0.15) is 10.9 Å². The van der Waals surface area contributed by atoms with Crippen LogP contribution in [0.15, 0.2) is 10.9 Å². The lowest BCUT2D eigenvalue weighted by Gasteiger charge is -2.41. The molecule has 0 unspecified atom stereocenters. The van der Waals surface area contributed by atoms with Gasteiger partial charge in [-0.2, -0.15) is 5.10 Å². The fourth-order valence-electron chi connectivity index (χ4n) is 4.74. The normalized spacial score (nSPS) is 23.8. The van der Waals surface area contributed by atoms with Crippen molar-refractivity contribution in [3.8, 4) is 0 Å². The average Bonchev–Trinajstić information content (AvgIpc) is 3.10. The Balaban J connectivity index is 1.48. The summed E-state index contributed by atoms with van der Waals surface area (Å²) < 4.78 is 2.84. The van der Waals surface area contributed by atoms with E-state index < -0.39 is 6.09 Å². The van der Waals surface area contributed by atoms with E-state index >= 15 is 0 Å². The molecule has 0 aromatic carbocycles. The first-order chi connectivity index (χ1) is 14.3. The second kappa shape index (κ2) is 8.39. The Morgan fingerprint density at radius 2 is 1.80 bits per heavy atom. The first-order valence-electron chi connectivity index (χ1n) is 10.6. The van der Waals surface area contributed by atoms with Crippen LogP contribution in [0.25, 0.3) is 11.0 Å². The Hall–Kier alpha value is -1.78. The number of carboxylic acid groups (broad SMARTS) is 1. The van der Waals surface area contributed by atoms with Crippen LogP contribution in [0, 0.1) is 0 Å². The van der Waals surface area contributed by atoms with E-state index in [0.29, 0.717) is 31.7 Å². The second-order valence-corrected chi connectivity index (χ2v) is 9.76. The van der Waals surface area contributed by atoms with Crippen molar-refractivity contribution in [2.24, 2.45) is 5.73 Å². The maximum Gasteiger partial charge on any atom is 0.407 e. The van der Waals surface area contributed by atoms with Crippen LogP contribution in [-0.2, 0) is 5.41 Å². The van der Waals surface area contributed by atoms with Crippen molar-refractivity contribution in [1.29, 1.82) is 0 Å². The molecule has 0 bridgehead atoms. The number of rotatable bonds is 4. The van der Waals surface area contributed by atoms with Gasteiger partial charge in [-0.15, -0.1) is 0 Å². The highest BCUT2D eigenvalue weighted by Crippen LogP contribution is 2.37. The van der Waals surface area contributed by atoms with Crippen LogP contribution in [0.5, 0.6) is 0 Å². The number of nitrogens with zero attached hydrogens (tertiary/aromatic N) is 6. The molecule has 1 aliphatic heterocycles. The average molecular weight is 480 g/mol. The van der Waals surface area contributed by atoms with Crippen LogP contribution in [0.1, 0.15) is 51.3 Å². The molecule has 164 valence electrons. The van der Waals surface area contributed by atoms with Crippen molar-refractivity contribution >= 4 is 33.1 Å². The fraction of sp³-hybridized carbons (Fsp3) is 0.700. The molecular formula is C20H30BrN7O2. The highest BCUT2D eigenvalue weighted by Gasteiger charge is 2.32. The van der Waals surface area contributed by atoms with E-state index in [9.17, 15) is 4.79 Å². The molecule has 2 aliphatic rings. The lowest BCUT2D eigenvalue weighted by Crippen LogP contribution is -2.52. The van der Waals surface area contributed by atoms with E-state index in [1.807, 2.05) is 0 Å². The Kier molecular flexibility index (Phi) is 6.00. The molecule has 10 heteroatoms. The van der Waals surface area contributed by atoms with Crippen molar-refractivity contribution in [1.82, 2.24) is 29.5 Å². The van der Waals surface area contributed by atoms with Gasteiger partial charge in [0.05, 0.1) is 17.1 Å². The molecule has 0 radical (unpaired) electrons. The molecule has 1 saturated heterocycles. The van der Waals surface area contributed by atoms with E-state index in [2.05, 4.69) is 49.3 Å². The van der Waals surface area contributed by atoms with Gasteiger partial charge in [0, 0.05) is 44.2 Å². The summed E-state index contributed by atoms with van der Waals surface area (Å²) in [6.45, 7) is 7.52. The van der Waals surface area contributed by atoms with Gasteiger partial charge < -0.3 is 15.7 Å². The van der Waals surface area contributed by atoms with Gasteiger partial charge in [0.2, 0.25) is 0 Å². The second-order valence-electron chi connectivity index (χ2n) is 9.01. The number of hydrogen-bond acceptors (Lipinski definition) is 6. The monoisotopic (exact) mass is 479 g/mol. The summed E-state index contributed by atoms with van der Waals surface area (Å²) in [5.41, 5.74) is 7.54. The maximum atomic E-state index is 11.1. The number of hydrogen-bond donors (Lipinski definition) is 2. The maximum absolute atomic E-state index is 11.1. The molecule has 2 fully saturated rings. The third-order valence-electron chi connectivity index (χ3n) is 6.71. The summed E-state index contributed by atoms with van der Waals surface area (Å²) in [6, 6.07) is 0.822. The third-order valence-corrected chi connectivity index (χ3v) is 7.27. The summed E-state index contributed by atoms with van der Waals surface area (Å²) in [4.78, 5) is 24.2. The Labute approximate surface area is 184 Å². The van der Waals surface area contributed by atoms with Gasteiger partial charge in [-0.05, 0) is 41.6 Å². The molecule has 9 nitrogen and oxygen atoms in total. The predicted molar refractivity (Wildman–Crippen MR) is 118 cm³/mol. The van der Waals surface area contributed by atoms with E-state index in [1.165, 1.54) is 4.90 Å². The van der Waals surface area contributed by atoms with Gasteiger partial charge in [-0.3, -0.25) is 4.90 Å². The SMILES string of the molecule is CC(C)(CN)c1ncnc2c1c(Br)nn2C1CCC(N2CCN(C(=O)O)CC2)CC1. The Morgan fingerprint density at radius 1 is 1.17 bits per heavy atom. The third kappa shape index (κ3) is 3.92. The molecule has 3 heterocycles. The fourth-order valence-corrected chi connectivity index (χ4v) is 5.28. The van der Waals surface area contributed by atoms with Gasteiger partial charge in [0.25, 0.3) is 0 Å². The molecule has 0 atom stereocenters. The summed E-state index contributed by atoms with van der Waals surface area (Å²) >= 11 is 3.63. The van der Waals surface area contributed by atoms with Crippen molar-refractivity contribution in [3.05, 3.63) is 16.6 Å². The van der Waals surface area contributed by atoms with Gasteiger partial charge in [-0.25, -0.2) is 19.4 Å². The van der Waals surface area contributed by atoms with E-state index in [-0.39, 0.29) is 5.41 Å². The number of amides is 1. The number of fused-ring (bicyclic) bond motifs is 1. The summed E-state index contributed by atoms with van der Waals surface area (Å²) in [5, 5.41) is 14.9. The van der Waals surface area contributed by atoms with Crippen LogP contribution in [0.3, 0.4) is 0 Å². The smallest absolute Gasteiger partial charge is 0.407 e. The van der Waals surface area contributed by atoms with Crippen LogP contribution < -0.4 is 5.73 Å². The minimum absolute atomic E-state index is 0.257. The molecule has 1 saturated carbocycles. The van der Waals surface area contributed by atoms with Crippen LogP contribution in [0.4, 0.5) is 4.79 Å². The highest BCUT2D eigenvalue weighted by molar-refractivity contribution is 9.10. The lowest BCUT2D eigenvalue weighted by molar-refractivity contribution is 0.0671. The molecule has 2 aromatic heterocycles. The van der Waals surface area contributed by atoms with Gasteiger partial charge >= 0.3 is 6.09 Å². The van der Waals surface area contributed by atoms with E-state index in [4.69, 9.17) is 15.9 Å². The molecule has 4 rings (SSSR count). The molecule has 3 N–H and O–H groups in total. The van der Waals surface area contributed by atoms with Crippen molar-refractivity contribution in [2.45, 2.75) is 57.0 Å². The Bertz CT molecular complexity index is 915. The number of aromatic nitrogens is 4. The zero-order chi connectivity index (χ0) is 21.5.